The summed E-state index contributed by atoms with van der Waals surface area (Å²) in [5, 5.41) is 7.07. The lowest BCUT2D eigenvalue weighted by molar-refractivity contribution is 0.102. The second-order valence-corrected chi connectivity index (χ2v) is 6.13. The van der Waals surface area contributed by atoms with Gasteiger partial charge in [0.05, 0.1) is 43.2 Å². The summed E-state index contributed by atoms with van der Waals surface area (Å²) in [6, 6.07) is 5.12. The zero-order valence-electron chi connectivity index (χ0n) is 14.7. The summed E-state index contributed by atoms with van der Waals surface area (Å²) >= 11 is 3.40. The van der Waals surface area contributed by atoms with Crippen LogP contribution in [0.2, 0.25) is 0 Å². The molecule has 0 atom stereocenters. The Morgan fingerprint density at radius 2 is 1.88 bits per heavy atom. The van der Waals surface area contributed by atoms with Crippen LogP contribution in [0, 0.1) is 6.92 Å². The molecule has 0 unspecified atom stereocenters. The Balaban J connectivity index is 1.98. The van der Waals surface area contributed by atoms with E-state index in [9.17, 15) is 4.79 Å². The predicted molar refractivity (Wildman–Crippen MR) is 99.5 cm³/mol. The van der Waals surface area contributed by atoms with Crippen molar-refractivity contribution in [1.82, 2.24) is 14.6 Å². The number of rotatable bonds is 5. The van der Waals surface area contributed by atoms with Crippen molar-refractivity contribution in [1.29, 1.82) is 0 Å². The topological polar surface area (TPSA) is 87.0 Å². The molecule has 0 saturated carbocycles. The molecule has 1 amide bonds. The van der Waals surface area contributed by atoms with Gasteiger partial charge in [-0.2, -0.15) is 5.10 Å². The van der Waals surface area contributed by atoms with Gasteiger partial charge in [0.15, 0.2) is 17.1 Å². The van der Waals surface area contributed by atoms with Gasteiger partial charge in [0.25, 0.3) is 5.91 Å². The van der Waals surface area contributed by atoms with E-state index in [2.05, 4.69) is 31.3 Å². The number of carbonyl (C=O) groups is 1. The fourth-order valence-corrected chi connectivity index (χ4v) is 3.19. The van der Waals surface area contributed by atoms with Crippen molar-refractivity contribution >= 4 is 33.2 Å². The number of pyridine rings is 1. The zero-order valence-corrected chi connectivity index (χ0v) is 16.2. The lowest BCUT2D eigenvalue weighted by Crippen LogP contribution is -2.14. The quantitative estimate of drug-likeness (QED) is 0.682. The number of nitrogens with one attached hydrogen (secondary N) is 1. The molecule has 1 N–H and O–H groups in total. The zero-order chi connectivity index (χ0) is 18.8. The van der Waals surface area contributed by atoms with Crippen LogP contribution in [0.25, 0.3) is 5.65 Å². The van der Waals surface area contributed by atoms with Crippen molar-refractivity contribution in [2.75, 3.05) is 26.6 Å². The van der Waals surface area contributed by atoms with Crippen molar-refractivity contribution in [3.8, 4) is 17.2 Å². The van der Waals surface area contributed by atoms with E-state index in [1.807, 2.05) is 0 Å². The molecule has 0 bridgehead atoms. The second kappa shape index (κ2) is 7.20. The Morgan fingerprint density at radius 3 is 2.54 bits per heavy atom. The average Bonchev–Trinajstić information content (AvgIpc) is 3.00. The molecule has 0 aliphatic carbocycles. The summed E-state index contributed by atoms with van der Waals surface area (Å²) in [7, 11) is 4.49. The number of aryl methyl sites for hydroxylation is 1. The van der Waals surface area contributed by atoms with Gasteiger partial charge in [-0.1, -0.05) is 0 Å². The fourth-order valence-electron chi connectivity index (χ4n) is 2.55. The Labute approximate surface area is 158 Å². The number of fused-ring (bicyclic) bond motifs is 1. The molecule has 8 nitrogen and oxygen atoms in total. The number of carbonyl (C=O) groups excluding carboxylic acids is 1. The molecule has 136 valence electrons. The summed E-state index contributed by atoms with van der Waals surface area (Å²) in [6.07, 6.45) is 1.69. The van der Waals surface area contributed by atoms with E-state index >= 15 is 0 Å². The molecule has 26 heavy (non-hydrogen) atoms. The molecule has 0 saturated heterocycles. The van der Waals surface area contributed by atoms with Crippen LogP contribution in [0.5, 0.6) is 17.2 Å². The van der Waals surface area contributed by atoms with Gasteiger partial charge < -0.3 is 19.5 Å². The Morgan fingerprint density at radius 1 is 1.15 bits per heavy atom. The standard InChI is InChI=1S/C17H17BrN4O4/c1-9-19-13-6-5-10(8-22(13)21-9)20-17(23)11-7-12(24-2)15(25-3)16(26-4)14(11)18/h5-8H,1-4H3,(H,20,23). The number of ether oxygens (including phenoxy) is 3. The van der Waals surface area contributed by atoms with Gasteiger partial charge >= 0.3 is 0 Å². The summed E-state index contributed by atoms with van der Waals surface area (Å²) in [4.78, 5) is 17.0. The van der Waals surface area contributed by atoms with Crippen LogP contribution in [0.4, 0.5) is 5.69 Å². The molecule has 0 spiro atoms. The first-order valence-corrected chi connectivity index (χ1v) is 8.40. The van der Waals surface area contributed by atoms with Crippen LogP contribution in [0.15, 0.2) is 28.9 Å². The molecule has 0 aliphatic heterocycles. The highest BCUT2D eigenvalue weighted by atomic mass is 79.9. The minimum absolute atomic E-state index is 0.340. The Hall–Kier alpha value is -2.81. The summed E-state index contributed by atoms with van der Waals surface area (Å²) in [6.45, 7) is 1.80. The second-order valence-electron chi connectivity index (χ2n) is 5.34. The first-order chi connectivity index (χ1) is 12.5. The molecule has 1 aromatic carbocycles. The maximum atomic E-state index is 12.8. The number of anilines is 1. The highest BCUT2D eigenvalue weighted by Crippen LogP contribution is 2.44. The van der Waals surface area contributed by atoms with E-state index in [1.54, 1.807) is 35.8 Å². The van der Waals surface area contributed by atoms with Gasteiger partial charge in [-0.05, 0) is 41.1 Å². The lowest BCUT2D eigenvalue weighted by Gasteiger charge is -2.16. The van der Waals surface area contributed by atoms with E-state index in [-0.39, 0.29) is 5.91 Å². The van der Waals surface area contributed by atoms with Crippen molar-refractivity contribution in [3.05, 3.63) is 40.3 Å². The SMILES string of the molecule is COc1cc(C(=O)Nc2ccc3nc(C)nn3c2)c(Br)c(OC)c1OC. The Bertz CT molecular complexity index is 987. The van der Waals surface area contributed by atoms with Gasteiger partial charge in [-0.25, -0.2) is 9.50 Å². The van der Waals surface area contributed by atoms with E-state index < -0.39 is 0 Å². The maximum Gasteiger partial charge on any atom is 0.257 e. The van der Waals surface area contributed by atoms with E-state index in [0.717, 1.165) is 0 Å². The van der Waals surface area contributed by atoms with Crippen LogP contribution in [0.1, 0.15) is 16.2 Å². The van der Waals surface area contributed by atoms with Gasteiger partial charge in [0, 0.05) is 0 Å². The number of halogens is 1. The third-order valence-corrected chi connectivity index (χ3v) is 4.50. The van der Waals surface area contributed by atoms with Crippen molar-refractivity contribution in [2.45, 2.75) is 6.92 Å². The molecule has 0 radical (unpaired) electrons. The van der Waals surface area contributed by atoms with Gasteiger partial charge in [-0.15, -0.1) is 0 Å². The largest absolute Gasteiger partial charge is 0.493 e. The summed E-state index contributed by atoms with van der Waals surface area (Å²) in [5.74, 6) is 1.48. The molecule has 2 heterocycles. The molecule has 3 aromatic rings. The van der Waals surface area contributed by atoms with Gasteiger partial charge in [0.1, 0.15) is 5.82 Å². The molecular weight excluding hydrogens is 404 g/mol. The average molecular weight is 421 g/mol. The third kappa shape index (κ3) is 3.17. The number of amides is 1. The van der Waals surface area contributed by atoms with E-state index in [1.165, 1.54) is 21.3 Å². The van der Waals surface area contributed by atoms with E-state index in [4.69, 9.17) is 14.2 Å². The van der Waals surface area contributed by atoms with Crippen molar-refractivity contribution in [3.63, 3.8) is 0 Å². The highest BCUT2D eigenvalue weighted by Gasteiger charge is 2.23. The van der Waals surface area contributed by atoms with Crippen LogP contribution < -0.4 is 19.5 Å². The number of hydrogen-bond donors (Lipinski definition) is 1. The fraction of sp³-hybridized carbons (Fsp3) is 0.235. The van der Waals surface area contributed by atoms with E-state index in [0.29, 0.717) is 44.4 Å². The normalized spacial score (nSPS) is 10.7. The monoisotopic (exact) mass is 420 g/mol. The lowest BCUT2D eigenvalue weighted by atomic mass is 10.1. The van der Waals surface area contributed by atoms with Crippen LogP contribution in [-0.2, 0) is 0 Å². The first kappa shape index (κ1) is 18.0. The van der Waals surface area contributed by atoms with Gasteiger partial charge in [0.2, 0.25) is 5.75 Å². The van der Waals surface area contributed by atoms with Crippen LogP contribution in [0.3, 0.4) is 0 Å². The summed E-state index contributed by atoms with van der Waals surface area (Å²) < 4.78 is 18.0. The molecular formula is C17H17BrN4O4. The predicted octanol–water partition coefficient (Wildman–Crippen LogP) is 3.08. The number of aromatic nitrogens is 3. The minimum atomic E-state index is -0.340. The summed E-state index contributed by atoms with van der Waals surface area (Å²) in [5.41, 5.74) is 1.62. The van der Waals surface area contributed by atoms with Gasteiger partial charge in [-0.3, -0.25) is 4.79 Å². The van der Waals surface area contributed by atoms with Crippen LogP contribution in [-0.4, -0.2) is 41.8 Å². The number of nitrogens with zero attached hydrogens (tertiary/aromatic N) is 3. The number of methoxy groups -OCH3 is 3. The van der Waals surface area contributed by atoms with Crippen LogP contribution >= 0.6 is 15.9 Å². The Kier molecular flexibility index (Phi) is 4.99. The smallest absolute Gasteiger partial charge is 0.257 e. The maximum absolute atomic E-state index is 12.8. The van der Waals surface area contributed by atoms with Crippen molar-refractivity contribution in [2.24, 2.45) is 0 Å². The number of hydrogen-bond acceptors (Lipinski definition) is 6. The van der Waals surface area contributed by atoms with Crippen molar-refractivity contribution < 1.29 is 19.0 Å². The molecule has 2 aromatic heterocycles. The first-order valence-electron chi connectivity index (χ1n) is 7.61. The minimum Gasteiger partial charge on any atom is -0.493 e. The number of benzene rings is 1. The third-order valence-electron chi connectivity index (χ3n) is 3.71. The molecule has 9 heteroatoms. The highest BCUT2D eigenvalue weighted by molar-refractivity contribution is 9.10. The molecule has 3 rings (SSSR count). The molecule has 0 fully saturated rings. The molecule has 0 aliphatic rings.